The molecular weight excluding hydrogens is 465 g/mol. The summed E-state index contributed by atoms with van der Waals surface area (Å²) in [4.78, 5) is 29.6. The highest BCUT2D eigenvalue weighted by Gasteiger charge is 2.15. The molecule has 1 N–H and O–H groups in total. The van der Waals surface area contributed by atoms with Gasteiger partial charge in [-0.25, -0.2) is 9.97 Å². The van der Waals surface area contributed by atoms with Gasteiger partial charge in [0.05, 0.1) is 34.6 Å². The van der Waals surface area contributed by atoms with Crippen LogP contribution >= 0.6 is 23.2 Å². The van der Waals surface area contributed by atoms with Crippen LogP contribution in [0.2, 0.25) is 10.0 Å². The summed E-state index contributed by atoms with van der Waals surface area (Å²) in [5.41, 5.74) is 1.83. The van der Waals surface area contributed by atoms with Crippen molar-refractivity contribution in [3.63, 3.8) is 0 Å². The first-order valence-corrected chi connectivity index (χ1v) is 11.4. The van der Waals surface area contributed by atoms with Gasteiger partial charge in [0.25, 0.3) is 0 Å². The predicted molar refractivity (Wildman–Crippen MR) is 126 cm³/mol. The average molecular weight is 488 g/mol. The van der Waals surface area contributed by atoms with Crippen LogP contribution in [0.15, 0.2) is 43.0 Å². The molecule has 0 aliphatic carbocycles. The number of hydrogen-bond acceptors (Lipinski definition) is 8. The molecule has 0 unspecified atom stereocenters. The van der Waals surface area contributed by atoms with Gasteiger partial charge in [0, 0.05) is 49.5 Å². The van der Waals surface area contributed by atoms with E-state index in [9.17, 15) is 4.79 Å². The smallest absolute Gasteiger partial charge is 0.213 e. The largest absolute Gasteiger partial charge is 0.470 e. The molecule has 0 radical (unpaired) electrons. The number of carbonyl (C=O) groups excluding carboxylic acids is 1. The number of ether oxygens (including phenoxy) is 2. The molecule has 0 aromatic carbocycles. The Morgan fingerprint density at radius 2 is 1.97 bits per heavy atom. The first kappa shape index (κ1) is 23.4. The molecule has 172 valence electrons. The summed E-state index contributed by atoms with van der Waals surface area (Å²) >= 11 is 12.2. The lowest BCUT2D eigenvalue weighted by atomic mass is 10.0. The Morgan fingerprint density at radius 3 is 2.76 bits per heavy atom. The molecule has 10 heteroatoms. The molecule has 0 bridgehead atoms. The molecule has 0 spiro atoms. The van der Waals surface area contributed by atoms with E-state index in [4.69, 9.17) is 32.7 Å². The van der Waals surface area contributed by atoms with E-state index in [0.29, 0.717) is 44.6 Å². The molecule has 1 aliphatic rings. The number of pyridine rings is 2. The third-order valence-corrected chi connectivity index (χ3v) is 5.72. The summed E-state index contributed by atoms with van der Waals surface area (Å²) in [5.74, 6) is 1.41. The number of ketones is 1. The zero-order valence-electron chi connectivity index (χ0n) is 17.8. The minimum Gasteiger partial charge on any atom is -0.470 e. The van der Waals surface area contributed by atoms with Crippen LogP contribution < -0.4 is 10.1 Å². The summed E-state index contributed by atoms with van der Waals surface area (Å²) in [7, 11) is 0. The number of Topliss-reactive ketones (excluding diaryl/α,β-unsaturated/α-hetero) is 1. The fraction of sp³-hybridized carbons (Fsp3) is 0.348. The lowest BCUT2D eigenvalue weighted by molar-refractivity contribution is -0.120. The Kier molecular flexibility index (Phi) is 8.04. The van der Waals surface area contributed by atoms with Crippen LogP contribution in [0.25, 0.3) is 11.3 Å². The Bertz CT molecular complexity index is 1090. The number of rotatable bonds is 9. The standard InChI is InChI=1S/C23H23Cl2N5O3/c24-16-1-2-23(29-10-16)33-14-18(31)7-17-8-19(20(25)11-27-17)21-12-26-13-22(30-21)28-9-15-3-5-32-6-4-15/h1-2,8,10-13,15H,3-7,9,14H2,(H,28,30). The third-order valence-electron chi connectivity index (χ3n) is 5.19. The highest BCUT2D eigenvalue weighted by Crippen LogP contribution is 2.27. The van der Waals surface area contributed by atoms with E-state index in [1.807, 2.05) is 0 Å². The molecule has 1 aliphatic heterocycles. The van der Waals surface area contributed by atoms with Crippen molar-refractivity contribution in [2.45, 2.75) is 19.3 Å². The molecule has 8 nitrogen and oxygen atoms in total. The Hall–Kier alpha value is -2.81. The Morgan fingerprint density at radius 1 is 1.12 bits per heavy atom. The molecule has 3 aromatic rings. The van der Waals surface area contributed by atoms with Gasteiger partial charge >= 0.3 is 0 Å². The van der Waals surface area contributed by atoms with Crippen molar-refractivity contribution in [3.8, 4) is 17.1 Å². The van der Waals surface area contributed by atoms with E-state index in [2.05, 4.69) is 25.3 Å². The van der Waals surface area contributed by atoms with Gasteiger partial charge in [0.2, 0.25) is 5.88 Å². The number of aromatic nitrogens is 4. The van der Waals surface area contributed by atoms with Gasteiger partial charge in [0.15, 0.2) is 5.78 Å². The van der Waals surface area contributed by atoms with Gasteiger partial charge in [-0.15, -0.1) is 0 Å². The van der Waals surface area contributed by atoms with Gasteiger partial charge in [-0.1, -0.05) is 23.2 Å². The minimum atomic E-state index is -0.148. The molecule has 1 saturated heterocycles. The SMILES string of the molecule is O=C(COc1ccc(Cl)cn1)Cc1cc(-c2cncc(NCC3CCOCC3)n2)c(Cl)cn1. The van der Waals surface area contributed by atoms with E-state index < -0.39 is 0 Å². The average Bonchev–Trinajstić information content (AvgIpc) is 2.84. The molecule has 0 atom stereocenters. The van der Waals surface area contributed by atoms with E-state index in [0.717, 1.165) is 32.6 Å². The first-order valence-electron chi connectivity index (χ1n) is 10.6. The molecule has 3 aromatic heterocycles. The van der Waals surface area contributed by atoms with Crippen LogP contribution in [0.3, 0.4) is 0 Å². The first-order chi connectivity index (χ1) is 16.1. The summed E-state index contributed by atoms with van der Waals surface area (Å²) in [6.45, 7) is 2.29. The van der Waals surface area contributed by atoms with Crippen LogP contribution in [0.4, 0.5) is 5.82 Å². The van der Waals surface area contributed by atoms with Gasteiger partial charge in [-0.3, -0.25) is 14.8 Å². The fourth-order valence-corrected chi connectivity index (χ4v) is 3.72. The molecule has 0 amide bonds. The summed E-state index contributed by atoms with van der Waals surface area (Å²) in [5, 5.41) is 4.29. The summed E-state index contributed by atoms with van der Waals surface area (Å²) < 4.78 is 10.8. The minimum absolute atomic E-state index is 0.0902. The lowest BCUT2D eigenvalue weighted by Gasteiger charge is -2.22. The van der Waals surface area contributed by atoms with E-state index in [1.54, 1.807) is 30.6 Å². The number of hydrogen-bond donors (Lipinski definition) is 1. The van der Waals surface area contributed by atoms with Crippen LogP contribution in [0.5, 0.6) is 5.88 Å². The van der Waals surface area contributed by atoms with E-state index in [-0.39, 0.29) is 18.8 Å². The van der Waals surface area contributed by atoms with Crippen molar-refractivity contribution in [2.24, 2.45) is 5.92 Å². The number of nitrogens with one attached hydrogen (secondary N) is 1. The highest BCUT2D eigenvalue weighted by molar-refractivity contribution is 6.33. The number of anilines is 1. The van der Waals surface area contributed by atoms with E-state index >= 15 is 0 Å². The normalized spacial score (nSPS) is 14.1. The number of halogens is 2. The Labute approximate surface area is 201 Å². The van der Waals surface area contributed by atoms with Gasteiger partial charge < -0.3 is 14.8 Å². The third kappa shape index (κ3) is 6.83. The van der Waals surface area contributed by atoms with Crippen molar-refractivity contribution in [2.75, 3.05) is 31.7 Å². The van der Waals surface area contributed by atoms with Gasteiger partial charge in [0.1, 0.15) is 12.4 Å². The second-order valence-electron chi connectivity index (χ2n) is 7.70. The van der Waals surface area contributed by atoms with Crippen LogP contribution in [-0.2, 0) is 16.0 Å². The maximum absolute atomic E-state index is 12.4. The second kappa shape index (κ2) is 11.4. The Balaban J connectivity index is 1.39. The monoisotopic (exact) mass is 487 g/mol. The zero-order valence-corrected chi connectivity index (χ0v) is 19.3. The van der Waals surface area contributed by atoms with Crippen molar-refractivity contribution >= 4 is 34.8 Å². The topological polar surface area (TPSA) is 99.1 Å². The van der Waals surface area contributed by atoms with Crippen LogP contribution in [0.1, 0.15) is 18.5 Å². The number of carbonyl (C=O) groups is 1. The molecule has 1 fully saturated rings. The fourth-order valence-electron chi connectivity index (χ4n) is 3.41. The number of nitrogens with zero attached hydrogens (tertiary/aromatic N) is 4. The molecule has 4 rings (SSSR count). The molecular formula is C23H23Cl2N5O3. The van der Waals surface area contributed by atoms with Crippen molar-refractivity contribution in [3.05, 3.63) is 58.7 Å². The zero-order chi connectivity index (χ0) is 23.0. The quantitative estimate of drug-likeness (QED) is 0.477. The van der Waals surface area contributed by atoms with Crippen molar-refractivity contribution in [1.82, 2.24) is 19.9 Å². The van der Waals surface area contributed by atoms with Crippen molar-refractivity contribution < 1.29 is 14.3 Å². The molecule has 0 saturated carbocycles. The highest BCUT2D eigenvalue weighted by atomic mass is 35.5. The molecule has 4 heterocycles. The predicted octanol–water partition coefficient (Wildman–Crippen LogP) is 4.27. The summed E-state index contributed by atoms with van der Waals surface area (Å²) in [6.07, 6.45) is 8.46. The van der Waals surface area contributed by atoms with Gasteiger partial charge in [-0.2, -0.15) is 0 Å². The lowest BCUT2D eigenvalue weighted by Crippen LogP contribution is -2.23. The van der Waals surface area contributed by atoms with Crippen molar-refractivity contribution in [1.29, 1.82) is 0 Å². The van der Waals surface area contributed by atoms with Gasteiger partial charge in [-0.05, 0) is 30.9 Å². The maximum atomic E-state index is 12.4. The second-order valence-corrected chi connectivity index (χ2v) is 8.54. The van der Waals surface area contributed by atoms with Crippen LogP contribution in [-0.4, -0.2) is 52.1 Å². The molecule has 33 heavy (non-hydrogen) atoms. The summed E-state index contributed by atoms with van der Waals surface area (Å²) in [6, 6.07) is 5.01. The maximum Gasteiger partial charge on any atom is 0.213 e. The van der Waals surface area contributed by atoms with E-state index in [1.165, 1.54) is 12.4 Å². The van der Waals surface area contributed by atoms with Crippen LogP contribution in [0, 0.1) is 5.92 Å².